The summed E-state index contributed by atoms with van der Waals surface area (Å²) in [6.45, 7) is 0. The number of benzene rings is 2. The van der Waals surface area contributed by atoms with Crippen LogP contribution in [0.15, 0.2) is 72.6 Å². The lowest BCUT2D eigenvalue weighted by molar-refractivity contribution is -0.132. The van der Waals surface area contributed by atoms with Gasteiger partial charge in [-0.15, -0.1) is 0 Å². The summed E-state index contributed by atoms with van der Waals surface area (Å²) >= 11 is 7.48. The Morgan fingerprint density at radius 1 is 1.06 bits per heavy atom. The molecule has 7 nitrogen and oxygen atoms in total. The third-order valence-corrected chi connectivity index (χ3v) is 6.48. The summed E-state index contributed by atoms with van der Waals surface area (Å²) in [4.78, 5) is 36.0. The molecule has 5 rings (SSSR count). The van der Waals surface area contributed by atoms with Crippen LogP contribution in [0.4, 0.5) is 5.13 Å². The molecule has 32 heavy (non-hydrogen) atoms. The summed E-state index contributed by atoms with van der Waals surface area (Å²) in [5.74, 6) is -1.96. The largest absolute Gasteiger partial charge is 0.508 e. The minimum atomic E-state index is -0.949. The van der Waals surface area contributed by atoms with Gasteiger partial charge in [0.15, 0.2) is 5.13 Å². The van der Waals surface area contributed by atoms with Gasteiger partial charge in [-0.1, -0.05) is 41.1 Å². The van der Waals surface area contributed by atoms with Gasteiger partial charge in [-0.25, -0.2) is 4.98 Å². The highest BCUT2D eigenvalue weighted by Gasteiger charge is 2.48. The van der Waals surface area contributed by atoms with Gasteiger partial charge in [-0.05, 0) is 42.0 Å². The summed E-state index contributed by atoms with van der Waals surface area (Å²) in [6.07, 6.45) is 2.95. The van der Waals surface area contributed by atoms with Crippen molar-refractivity contribution in [2.75, 3.05) is 4.90 Å². The number of carbonyl (C=O) groups is 2. The molecule has 1 unspecified atom stereocenters. The molecule has 0 radical (unpaired) electrons. The fourth-order valence-electron chi connectivity index (χ4n) is 3.67. The number of carbonyl (C=O) groups excluding carboxylic acids is 2. The van der Waals surface area contributed by atoms with Crippen molar-refractivity contribution >= 4 is 55.7 Å². The molecule has 9 heteroatoms. The van der Waals surface area contributed by atoms with Gasteiger partial charge in [0.05, 0.1) is 21.3 Å². The van der Waals surface area contributed by atoms with Crippen molar-refractivity contribution in [2.45, 2.75) is 6.04 Å². The number of Topliss-reactive ketones (excluding diaryl/α,β-unsaturated/α-hetero) is 1. The van der Waals surface area contributed by atoms with Crippen molar-refractivity contribution in [3.63, 3.8) is 0 Å². The number of aromatic hydroxyl groups is 1. The molecule has 4 aromatic rings. The molecule has 0 bridgehead atoms. The maximum Gasteiger partial charge on any atom is 0.301 e. The number of phenolic OH excluding ortho intramolecular Hbond substituents is 1. The zero-order valence-electron chi connectivity index (χ0n) is 16.3. The topological polar surface area (TPSA) is 104 Å². The summed E-state index contributed by atoms with van der Waals surface area (Å²) in [5, 5.41) is 21.4. The SMILES string of the molecule is O=C1C(=O)N(c2nc3c(Cl)cccc3s2)C(c2ccc(O)cc2)/C1=C(\O)c1cccnc1. The number of fused-ring (bicyclic) bond motifs is 1. The van der Waals surface area contributed by atoms with Crippen molar-refractivity contribution in [1.29, 1.82) is 0 Å². The molecule has 2 aromatic carbocycles. The average molecular weight is 464 g/mol. The molecule has 3 heterocycles. The number of thiazole rings is 1. The van der Waals surface area contributed by atoms with E-state index in [9.17, 15) is 19.8 Å². The molecule has 0 saturated carbocycles. The number of hydrogen-bond donors (Lipinski definition) is 2. The molecule has 158 valence electrons. The molecular formula is C23H14ClN3O4S. The minimum absolute atomic E-state index is 0.0322. The Hall–Kier alpha value is -3.75. The van der Waals surface area contributed by atoms with Gasteiger partial charge in [0, 0.05) is 18.0 Å². The van der Waals surface area contributed by atoms with Crippen LogP contribution >= 0.6 is 22.9 Å². The van der Waals surface area contributed by atoms with Gasteiger partial charge in [-0.2, -0.15) is 0 Å². The number of anilines is 1. The minimum Gasteiger partial charge on any atom is -0.508 e. The molecule has 1 aliphatic rings. The molecule has 0 spiro atoms. The summed E-state index contributed by atoms with van der Waals surface area (Å²) in [7, 11) is 0. The number of aromatic nitrogens is 2. The van der Waals surface area contributed by atoms with Crippen molar-refractivity contribution in [2.24, 2.45) is 0 Å². The molecule has 1 saturated heterocycles. The van der Waals surface area contributed by atoms with Crippen LogP contribution in [-0.2, 0) is 9.59 Å². The van der Waals surface area contributed by atoms with E-state index in [0.717, 1.165) is 4.70 Å². The maximum absolute atomic E-state index is 13.2. The number of rotatable bonds is 3. The molecular weight excluding hydrogens is 450 g/mol. The van der Waals surface area contributed by atoms with E-state index in [0.29, 0.717) is 21.7 Å². The highest BCUT2D eigenvalue weighted by atomic mass is 35.5. The number of para-hydroxylation sites is 1. The van der Waals surface area contributed by atoms with Crippen molar-refractivity contribution in [3.05, 3.63) is 88.7 Å². The highest BCUT2D eigenvalue weighted by molar-refractivity contribution is 7.22. The van der Waals surface area contributed by atoms with Crippen LogP contribution in [-0.4, -0.2) is 31.9 Å². The van der Waals surface area contributed by atoms with Gasteiger partial charge in [0.1, 0.15) is 17.0 Å². The van der Waals surface area contributed by atoms with E-state index in [1.807, 2.05) is 6.07 Å². The first kappa shape index (κ1) is 20.2. The van der Waals surface area contributed by atoms with Crippen LogP contribution in [0.25, 0.3) is 16.0 Å². The molecule has 0 aliphatic carbocycles. The Labute approximate surface area is 190 Å². The van der Waals surface area contributed by atoms with Crippen molar-refractivity contribution in [1.82, 2.24) is 9.97 Å². The third kappa shape index (κ3) is 3.21. The van der Waals surface area contributed by atoms with Gasteiger partial charge in [-0.3, -0.25) is 19.5 Å². The van der Waals surface area contributed by atoms with Gasteiger partial charge >= 0.3 is 5.91 Å². The Bertz CT molecular complexity index is 1400. The second kappa shape index (κ2) is 7.74. The molecule has 2 N–H and O–H groups in total. The number of aliphatic hydroxyl groups excluding tert-OH is 1. The Balaban J connectivity index is 1.75. The predicted octanol–water partition coefficient (Wildman–Crippen LogP) is 4.68. The molecule has 2 aromatic heterocycles. The third-order valence-electron chi connectivity index (χ3n) is 5.15. The monoisotopic (exact) mass is 463 g/mol. The van der Waals surface area contributed by atoms with E-state index in [1.54, 1.807) is 36.4 Å². The van der Waals surface area contributed by atoms with Crippen molar-refractivity contribution in [3.8, 4) is 5.75 Å². The lowest BCUT2D eigenvalue weighted by Gasteiger charge is -2.23. The zero-order chi connectivity index (χ0) is 22.4. The second-order valence-electron chi connectivity index (χ2n) is 7.09. The van der Waals surface area contributed by atoms with E-state index >= 15 is 0 Å². The Morgan fingerprint density at radius 3 is 2.53 bits per heavy atom. The molecule has 1 atom stereocenters. The highest BCUT2D eigenvalue weighted by Crippen LogP contribution is 2.45. The molecule has 1 aliphatic heterocycles. The quantitative estimate of drug-likeness (QED) is 0.260. The smallest absolute Gasteiger partial charge is 0.301 e. The number of amides is 1. The van der Waals surface area contributed by atoms with Gasteiger partial charge < -0.3 is 10.2 Å². The number of halogens is 1. The van der Waals surface area contributed by atoms with E-state index < -0.39 is 17.7 Å². The first-order valence-electron chi connectivity index (χ1n) is 9.51. The number of pyridine rings is 1. The van der Waals surface area contributed by atoms with Crippen LogP contribution in [0.3, 0.4) is 0 Å². The number of phenols is 1. The number of ketones is 1. The van der Waals surface area contributed by atoms with Crippen LogP contribution in [0, 0.1) is 0 Å². The van der Waals surface area contributed by atoms with E-state index in [-0.39, 0.29) is 22.2 Å². The number of aliphatic hydroxyl groups is 1. The summed E-state index contributed by atoms with van der Waals surface area (Å²) in [6, 6.07) is 13.7. The summed E-state index contributed by atoms with van der Waals surface area (Å²) < 4.78 is 0.756. The summed E-state index contributed by atoms with van der Waals surface area (Å²) in [5.41, 5.74) is 1.27. The molecule has 1 amide bonds. The first-order chi connectivity index (χ1) is 15.5. The zero-order valence-corrected chi connectivity index (χ0v) is 17.8. The lowest BCUT2D eigenvalue weighted by Crippen LogP contribution is -2.29. The number of nitrogens with zero attached hydrogens (tertiary/aromatic N) is 3. The van der Waals surface area contributed by atoms with E-state index in [2.05, 4.69) is 9.97 Å². The van der Waals surface area contributed by atoms with E-state index in [1.165, 1.54) is 40.8 Å². The molecule has 1 fully saturated rings. The standard InChI is InChI=1S/C23H14ClN3O4S/c24-15-4-1-5-16-18(15)26-23(32-16)27-19(12-6-8-14(28)9-7-12)17(21(30)22(27)31)20(29)13-3-2-10-25-11-13/h1-11,19,28-29H/b20-17+. The van der Waals surface area contributed by atoms with Crippen molar-refractivity contribution < 1.29 is 19.8 Å². The number of hydrogen-bond acceptors (Lipinski definition) is 7. The fourth-order valence-corrected chi connectivity index (χ4v) is 4.96. The normalized spacial score (nSPS) is 17.9. The van der Waals surface area contributed by atoms with Crippen LogP contribution in [0.1, 0.15) is 17.2 Å². The average Bonchev–Trinajstić information content (AvgIpc) is 3.34. The first-order valence-corrected chi connectivity index (χ1v) is 10.7. The predicted molar refractivity (Wildman–Crippen MR) is 122 cm³/mol. The van der Waals surface area contributed by atoms with Crippen LogP contribution in [0.2, 0.25) is 5.02 Å². The Morgan fingerprint density at radius 2 is 1.84 bits per heavy atom. The van der Waals surface area contributed by atoms with E-state index in [4.69, 9.17) is 11.6 Å². The van der Waals surface area contributed by atoms with Crippen LogP contribution in [0.5, 0.6) is 5.75 Å². The van der Waals surface area contributed by atoms with Gasteiger partial charge in [0.2, 0.25) is 0 Å². The lowest BCUT2D eigenvalue weighted by atomic mass is 9.96. The van der Waals surface area contributed by atoms with Gasteiger partial charge in [0.25, 0.3) is 5.78 Å². The second-order valence-corrected chi connectivity index (χ2v) is 8.50. The Kier molecular flexibility index (Phi) is 4.88. The fraction of sp³-hybridized carbons (Fsp3) is 0.0435. The maximum atomic E-state index is 13.2. The van der Waals surface area contributed by atoms with Crippen LogP contribution < -0.4 is 4.90 Å².